The summed E-state index contributed by atoms with van der Waals surface area (Å²) in [5.41, 5.74) is 2.16. The third kappa shape index (κ3) is 2.46. The van der Waals surface area contributed by atoms with Crippen LogP contribution in [0.15, 0.2) is 12.5 Å². The van der Waals surface area contributed by atoms with Gasteiger partial charge in [0.05, 0.1) is 5.39 Å². The van der Waals surface area contributed by atoms with Crippen molar-refractivity contribution in [2.75, 3.05) is 26.0 Å². The van der Waals surface area contributed by atoms with Crippen LogP contribution < -0.4 is 5.32 Å². The molecule has 2 aromatic heterocycles. The first kappa shape index (κ1) is 12.8. The lowest BCUT2D eigenvalue weighted by Gasteiger charge is -2.20. The predicted octanol–water partition coefficient (Wildman–Crippen LogP) is 1.88. The first-order valence-corrected chi connectivity index (χ1v) is 6.34. The quantitative estimate of drug-likeness (QED) is 0.847. The Hall–Kier alpha value is -1.62. The molecule has 2 heterocycles. The maximum atomic E-state index is 4.36. The van der Waals surface area contributed by atoms with E-state index >= 15 is 0 Å². The van der Waals surface area contributed by atoms with E-state index in [1.54, 1.807) is 6.33 Å². The molecule has 2 rings (SSSR count). The van der Waals surface area contributed by atoms with E-state index < -0.39 is 0 Å². The Labute approximate surface area is 108 Å². The van der Waals surface area contributed by atoms with Crippen LogP contribution >= 0.6 is 0 Å². The van der Waals surface area contributed by atoms with Crippen molar-refractivity contribution in [1.82, 2.24) is 19.9 Å². The molecule has 0 saturated carbocycles. The van der Waals surface area contributed by atoms with Crippen molar-refractivity contribution in [2.45, 2.75) is 26.3 Å². The van der Waals surface area contributed by atoms with Gasteiger partial charge in [-0.2, -0.15) is 0 Å². The molecule has 2 N–H and O–H groups in total. The van der Waals surface area contributed by atoms with Gasteiger partial charge in [0.1, 0.15) is 17.8 Å². The average molecular weight is 247 g/mol. The molecule has 2 aromatic rings. The molecule has 0 radical (unpaired) electrons. The number of rotatable bonds is 5. The molecule has 98 valence electrons. The first-order valence-electron chi connectivity index (χ1n) is 6.34. The summed E-state index contributed by atoms with van der Waals surface area (Å²) < 4.78 is 0. The van der Waals surface area contributed by atoms with Gasteiger partial charge in [0, 0.05) is 18.8 Å². The number of nitrogens with one attached hydrogen (secondary N) is 2. The fraction of sp³-hybridized carbons (Fsp3) is 0.538. The highest BCUT2D eigenvalue weighted by atomic mass is 15.1. The summed E-state index contributed by atoms with van der Waals surface area (Å²) in [7, 11) is 4.16. The van der Waals surface area contributed by atoms with Gasteiger partial charge in [-0.15, -0.1) is 0 Å². The molecule has 5 heteroatoms. The number of aryl methyl sites for hydroxylation is 1. The Balaban J connectivity index is 2.24. The van der Waals surface area contributed by atoms with E-state index in [2.05, 4.69) is 53.1 Å². The molecule has 5 nitrogen and oxygen atoms in total. The van der Waals surface area contributed by atoms with E-state index in [0.717, 1.165) is 29.8 Å². The number of nitrogens with zero attached hydrogens (tertiary/aromatic N) is 3. The molecule has 0 saturated heterocycles. The van der Waals surface area contributed by atoms with Gasteiger partial charge in [0.25, 0.3) is 0 Å². The SMILES string of the molecule is CCc1c[nH]c2ncnc(NC[C@H](C)N(C)C)c12. The van der Waals surface area contributed by atoms with Gasteiger partial charge < -0.3 is 15.2 Å². The van der Waals surface area contributed by atoms with Crippen molar-refractivity contribution in [2.24, 2.45) is 0 Å². The smallest absolute Gasteiger partial charge is 0.143 e. The zero-order chi connectivity index (χ0) is 13.1. The summed E-state index contributed by atoms with van der Waals surface area (Å²) in [6, 6.07) is 0.457. The summed E-state index contributed by atoms with van der Waals surface area (Å²) in [6.45, 7) is 5.19. The van der Waals surface area contributed by atoms with Crippen LogP contribution in [-0.4, -0.2) is 46.5 Å². The number of aromatic amines is 1. The molecule has 0 fully saturated rings. The van der Waals surface area contributed by atoms with Crippen LogP contribution in [0.4, 0.5) is 5.82 Å². The number of likely N-dealkylation sites (N-methyl/N-ethyl adjacent to an activating group) is 1. The molecule has 0 spiro atoms. The predicted molar refractivity (Wildman–Crippen MR) is 74.9 cm³/mol. The molecule has 18 heavy (non-hydrogen) atoms. The molecule has 0 aromatic carbocycles. The van der Waals surface area contributed by atoms with Crippen LogP contribution in [0.5, 0.6) is 0 Å². The van der Waals surface area contributed by atoms with E-state index in [1.807, 2.05) is 6.20 Å². The van der Waals surface area contributed by atoms with Crippen molar-refractivity contribution < 1.29 is 0 Å². The molecule has 0 amide bonds. The second-order valence-corrected chi connectivity index (χ2v) is 4.81. The molecule has 0 aliphatic heterocycles. The van der Waals surface area contributed by atoms with Crippen LogP contribution in [0.1, 0.15) is 19.4 Å². The minimum absolute atomic E-state index is 0.457. The highest BCUT2D eigenvalue weighted by Gasteiger charge is 2.11. The fourth-order valence-corrected chi connectivity index (χ4v) is 1.87. The van der Waals surface area contributed by atoms with E-state index in [0.29, 0.717) is 6.04 Å². The summed E-state index contributed by atoms with van der Waals surface area (Å²) in [6.07, 6.45) is 4.59. The van der Waals surface area contributed by atoms with Crippen molar-refractivity contribution in [3.8, 4) is 0 Å². The number of anilines is 1. The fourth-order valence-electron chi connectivity index (χ4n) is 1.87. The minimum atomic E-state index is 0.457. The molecular weight excluding hydrogens is 226 g/mol. The number of hydrogen-bond acceptors (Lipinski definition) is 4. The summed E-state index contributed by atoms with van der Waals surface area (Å²) >= 11 is 0. The lowest BCUT2D eigenvalue weighted by atomic mass is 10.2. The van der Waals surface area contributed by atoms with Crippen molar-refractivity contribution in [1.29, 1.82) is 0 Å². The molecule has 0 bridgehead atoms. The normalized spacial score (nSPS) is 13.2. The molecule has 0 unspecified atom stereocenters. The molecule has 0 aliphatic rings. The number of fused-ring (bicyclic) bond motifs is 1. The lowest BCUT2D eigenvalue weighted by Crippen LogP contribution is -2.31. The second kappa shape index (κ2) is 5.35. The Morgan fingerprint density at radius 1 is 1.39 bits per heavy atom. The number of aromatic nitrogens is 3. The molecular formula is C13H21N5. The van der Waals surface area contributed by atoms with Gasteiger partial charge in [0.2, 0.25) is 0 Å². The van der Waals surface area contributed by atoms with E-state index in [4.69, 9.17) is 0 Å². The maximum Gasteiger partial charge on any atom is 0.143 e. The zero-order valence-corrected chi connectivity index (χ0v) is 11.5. The monoisotopic (exact) mass is 247 g/mol. The number of H-pyrrole nitrogens is 1. The third-order valence-electron chi connectivity index (χ3n) is 3.38. The van der Waals surface area contributed by atoms with Crippen LogP contribution in [-0.2, 0) is 6.42 Å². The van der Waals surface area contributed by atoms with Gasteiger partial charge in [-0.1, -0.05) is 6.92 Å². The summed E-state index contributed by atoms with van der Waals surface area (Å²) in [4.78, 5) is 14.0. The van der Waals surface area contributed by atoms with Crippen molar-refractivity contribution >= 4 is 16.9 Å². The highest BCUT2D eigenvalue weighted by Crippen LogP contribution is 2.23. The average Bonchev–Trinajstić information content (AvgIpc) is 2.79. The highest BCUT2D eigenvalue weighted by molar-refractivity contribution is 5.90. The Morgan fingerprint density at radius 2 is 2.17 bits per heavy atom. The third-order valence-corrected chi connectivity index (χ3v) is 3.38. The Morgan fingerprint density at radius 3 is 2.83 bits per heavy atom. The maximum absolute atomic E-state index is 4.36. The zero-order valence-electron chi connectivity index (χ0n) is 11.5. The van der Waals surface area contributed by atoms with Gasteiger partial charge >= 0.3 is 0 Å². The first-order chi connectivity index (χ1) is 8.63. The van der Waals surface area contributed by atoms with E-state index in [9.17, 15) is 0 Å². The Kier molecular flexibility index (Phi) is 3.81. The van der Waals surface area contributed by atoms with Crippen LogP contribution in [0.2, 0.25) is 0 Å². The van der Waals surface area contributed by atoms with E-state index in [1.165, 1.54) is 5.56 Å². The second-order valence-electron chi connectivity index (χ2n) is 4.81. The van der Waals surface area contributed by atoms with Crippen molar-refractivity contribution in [3.05, 3.63) is 18.1 Å². The molecule has 0 aliphatic carbocycles. The standard InChI is InChI=1S/C13H21N5/c1-5-10-7-15-13-11(10)12(16-8-17-13)14-6-9(2)18(3)4/h7-9H,5-6H2,1-4H3,(H2,14,15,16,17)/t9-/m0/s1. The Bertz CT molecular complexity index is 517. The van der Waals surface area contributed by atoms with Crippen LogP contribution in [0, 0.1) is 0 Å². The van der Waals surface area contributed by atoms with Gasteiger partial charge in [-0.3, -0.25) is 0 Å². The summed E-state index contributed by atoms with van der Waals surface area (Å²) in [5.74, 6) is 0.923. The van der Waals surface area contributed by atoms with Crippen LogP contribution in [0.3, 0.4) is 0 Å². The summed E-state index contributed by atoms with van der Waals surface area (Å²) in [5, 5.41) is 4.53. The van der Waals surface area contributed by atoms with Crippen LogP contribution in [0.25, 0.3) is 11.0 Å². The van der Waals surface area contributed by atoms with Gasteiger partial charge in [0.15, 0.2) is 0 Å². The molecule has 1 atom stereocenters. The minimum Gasteiger partial charge on any atom is -0.368 e. The lowest BCUT2D eigenvalue weighted by molar-refractivity contribution is 0.326. The van der Waals surface area contributed by atoms with Gasteiger partial charge in [-0.05, 0) is 33.0 Å². The number of hydrogen-bond donors (Lipinski definition) is 2. The largest absolute Gasteiger partial charge is 0.368 e. The topological polar surface area (TPSA) is 56.8 Å². The van der Waals surface area contributed by atoms with Gasteiger partial charge in [-0.25, -0.2) is 9.97 Å². The van der Waals surface area contributed by atoms with E-state index in [-0.39, 0.29) is 0 Å². The van der Waals surface area contributed by atoms with Crippen molar-refractivity contribution in [3.63, 3.8) is 0 Å².